The highest BCUT2D eigenvalue weighted by Gasteiger charge is 2.21. The van der Waals surface area contributed by atoms with Gasteiger partial charge in [0, 0.05) is 17.1 Å². The molecule has 3 heteroatoms. The summed E-state index contributed by atoms with van der Waals surface area (Å²) in [5.41, 5.74) is 1.19. The summed E-state index contributed by atoms with van der Waals surface area (Å²) in [6, 6.07) is 8.51. The van der Waals surface area contributed by atoms with E-state index >= 15 is 0 Å². The first kappa shape index (κ1) is 11.8. The molecule has 2 nitrogen and oxygen atoms in total. The summed E-state index contributed by atoms with van der Waals surface area (Å²) in [4.78, 5) is 1.30. The Bertz CT molecular complexity index is 342. The van der Waals surface area contributed by atoms with Gasteiger partial charge >= 0.3 is 0 Å². The van der Waals surface area contributed by atoms with Crippen LogP contribution in [0.5, 0.6) is 0 Å². The summed E-state index contributed by atoms with van der Waals surface area (Å²) in [5, 5.41) is 3.44. The molecule has 1 aromatic rings. The third-order valence-corrected chi connectivity index (χ3v) is 3.65. The lowest BCUT2D eigenvalue weighted by Gasteiger charge is -2.13. The molecular weight excluding hydrogens is 218 g/mol. The molecule has 0 radical (unpaired) electrons. The van der Waals surface area contributed by atoms with Gasteiger partial charge in [-0.25, -0.2) is 0 Å². The number of hydrogen-bond acceptors (Lipinski definition) is 3. The van der Waals surface area contributed by atoms with Gasteiger partial charge in [0.2, 0.25) is 0 Å². The monoisotopic (exact) mass is 237 g/mol. The number of hydrogen-bond donors (Lipinski definition) is 1. The van der Waals surface area contributed by atoms with Crippen LogP contribution in [0.2, 0.25) is 0 Å². The molecule has 0 amide bonds. The molecule has 0 aromatic heterocycles. The van der Waals surface area contributed by atoms with Gasteiger partial charge in [0.25, 0.3) is 0 Å². The Labute approximate surface area is 102 Å². The zero-order chi connectivity index (χ0) is 11.4. The largest absolute Gasteiger partial charge is 0.382 e. The molecule has 0 bridgehead atoms. The van der Waals surface area contributed by atoms with Crippen molar-refractivity contribution >= 4 is 17.4 Å². The molecule has 1 aliphatic heterocycles. The van der Waals surface area contributed by atoms with E-state index in [2.05, 4.69) is 42.8 Å². The van der Waals surface area contributed by atoms with E-state index in [9.17, 15) is 0 Å². The summed E-state index contributed by atoms with van der Waals surface area (Å²) in [6.07, 6.45) is 5.28. The van der Waals surface area contributed by atoms with Crippen molar-refractivity contribution in [2.75, 3.05) is 18.1 Å². The smallest absolute Gasteiger partial charge is 0.0751 e. The topological polar surface area (TPSA) is 21.3 Å². The van der Waals surface area contributed by atoms with Crippen LogP contribution >= 0.6 is 11.8 Å². The Hall–Kier alpha value is -0.670. The molecule has 2 rings (SSSR count). The Morgan fingerprint density at radius 3 is 3.00 bits per heavy atom. The summed E-state index contributed by atoms with van der Waals surface area (Å²) >= 11 is 1.77. The second kappa shape index (κ2) is 5.60. The molecule has 1 aliphatic rings. The molecule has 0 spiro atoms. The van der Waals surface area contributed by atoms with Crippen molar-refractivity contribution in [1.29, 1.82) is 0 Å². The van der Waals surface area contributed by atoms with Crippen LogP contribution in [0.4, 0.5) is 5.69 Å². The molecule has 88 valence electrons. The molecule has 2 unspecified atom stereocenters. The summed E-state index contributed by atoms with van der Waals surface area (Å²) in [5.74, 6) is 0. The van der Waals surface area contributed by atoms with Crippen LogP contribution in [0.15, 0.2) is 29.2 Å². The van der Waals surface area contributed by atoms with Crippen LogP contribution in [0.3, 0.4) is 0 Å². The van der Waals surface area contributed by atoms with Crippen LogP contribution in [-0.2, 0) is 4.74 Å². The van der Waals surface area contributed by atoms with Crippen molar-refractivity contribution in [3.05, 3.63) is 24.3 Å². The van der Waals surface area contributed by atoms with Gasteiger partial charge in [-0.2, -0.15) is 0 Å². The first-order valence-electron chi connectivity index (χ1n) is 5.81. The Kier molecular flexibility index (Phi) is 4.13. The van der Waals surface area contributed by atoms with Gasteiger partial charge in [0.15, 0.2) is 0 Å². The Morgan fingerprint density at radius 2 is 2.31 bits per heavy atom. The van der Waals surface area contributed by atoms with Gasteiger partial charge in [0.05, 0.1) is 12.2 Å². The van der Waals surface area contributed by atoms with Crippen molar-refractivity contribution in [3.63, 3.8) is 0 Å². The second-order valence-electron chi connectivity index (χ2n) is 4.26. The van der Waals surface area contributed by atoms with E-state index in [4.69, 9.17) is 4.74 Å². The molecule has 0 saturated carbocycles. The second-order valence-corrected chi connectivity index (χ2v) is 5.14. The molecule has 1 heterocycles. The van der Waals surface area contributed by atoms with Gasteiger partial charge in [0.1, 0.15) is 0 Å². The third kappa shape index (κ3) is 3.16. The highest BCUT2D eigenvalue weighted by molar-refractivity contribution is 7.98. The highest BCUT2D eigenvalue weighted by Crippen LogP contribution is 2.21. The van der Waals surface area contributed by atoms with Crippen molar-refractivity contribution in [2.45, 2.75) is 36.9 Å². The summed E-state index contributed by atoms with van der Waals surface area (Å²) < 4.78 is 5.77. The Balaban J connectivity index is 1.84. The van der Waals surface area contributed by atoms with Crippen LogP contribution in [0.1, 0.15) is 19.8 Å². The lowest BCUT2D eigenvalue weighted by atomic mass is 10.2. The van der Waals surface area contributed by atoms with E-state index in [-0.39, 0.29) is 0 Å². The van der Waals surface area contributed by atoms with Crippen molar-refractivity contribution in [1.82, 2.24) is 0 Å². The van der Waals surface area contributed by atoms with Gasteiger partial charge in [-0.15, -0.1) is 11.8 Å². The summed E-state index contributed by atoms with van der Waals surface area (Å²) in [6.45, 7) is 3.07. The lowest BCUT2D eigenvalue weighted by Crippen LogP contribution is -2.19. The first-order chi connectivity index (χ1) is 7.78. The number of nitrogens with one attached hydrogen (secondary N) is 1. The highest BCUT2D eigenvalue weighted by atomic mass is 32.2. The fourth-order valence-corrected chi connectivity index (χ4v) is 2.46. The van der Waals surface area contributed by atoms with E-state index < -0.39 is 0 Å². The number of anilines is 1. The molecule has 16 heavy (non-hydrogen) atoms. The molecule has 1 aromatic carbocycles. The summed E-state index contributed by atoms with van der Waals surface area (Å²) in [7, 11) is 0. The molecular formula is C13H19NOS. The lowest BCUT2D eigenvalue weighted by molar-refractivity contribution is 0.0637. The van der Waals surface area contributed by atoms with Gasteiger partial charge < -0.3 is 10.1 Å². The van der Waals surface area contributed by atoms with E-state index in [1.165, 1.54) is 23.4 Å². The van der Waals surface area contributed by atoms with Crippen LogP contribution in [0, 0.1) is 0 Å². The van der Waals surface area contributed by atoms with Crippen LogP contribution < -0.4 is 5.32 Å². The Morgan fingerprint density at radius 1 is 1.44 bits per heavy atom. The SMILES string of the molecule is CSc1cccc(NCC2CCC(C)O2)c1. The predicted octanol–water partition coefficient (Wildman–Crippen LogP) is 3.39. The number of benzene rings is 1. The number of rotatable bonds is 4. The average molecular weight is 237 g/mol. The average Bonchev–Trinajstić information content (AvgIpc) is 2.73. The van der Waals surface area contributed by atoms with E-state index in [0.717, 1.165) is 6.54 Å². The van der Waals surface area contributed by atoms with Crippen molar-refractivity contribution < 1.29 is 4.74 Å². The zero-order valence-corrected chi connectivity index (χ0v) is 10.7. The molecule has 1 N–H and O–H groups in total. The van der Waals surface area contributed by atoms with Crippen LogP contribution in [-0.4, -0.2) is 25.0 Å². The van der Waals surface area contributed by atoms with Crippen molar-refractivity contribution in [2.24, 2.45) is 0 Å². The first-order valence-corrected chi connectivity index (χ1v) is 7.04. The minimum absolute atomic E-state index is 0.382. The standard InChI is InChI=1S/C13H19NOS/c1-10-6-7-12(15-10)9-14-11-4-3-5-13(8-11)16-2/h3-5,8,10,12,14H,6-7,9H2,1-2H3. The van der Waals surface area contributed by atoms with Gasteiger partial charge in [-0.05, 0) is 44.2 Å². The van der Waals surface area contributed by atoms with E-state index in [1.54, 1.807) is 11.8 Å². The minimum Gasteiger partial charge on any atom is -0.382 e. The normalized spacial score (nSPS) is 24.6. The van der Waals surface area contributed by atoms with Crippen LogP contribution in [0.25, 0.3) is 0 Å². The molecule has 0 aliphatic carbocycles. The maximum absolute atomic E-state index is 5.77. The van der Waals surface area contributed by atoms with Gasteiger partial charge in [-0.1, -0.05) is 6.07 Å². The van der Waals surface area contributed by atoms with Gasteiger partial charge in [-0.3, -0.25) is 0 Å². The number of ether oxygens (including phenoxy) is 1. The maximum Gasteiger partial charge on any atom is 0.0751 e. The van der Waals surface area contributed by atoms with Crippen molar-refractivity contribution in [3.8, 4) is 0 Å². The maximum atomic E-state index is 5.77. The molecule has 1 saturated heterocycles. The fraction of sp³-hybridized carbons (Fsp3) is 0.538. The van der Waals surface area contributed by atoms with E-state index in [0.29, 0.717) is 12.2 Å². The quantitative estimate of drug-likeness (QED) is 0.811. The predicted molar refractivity (Wildman–Crippen MR) is 70.3 cm³/mol. The molecule has 1 fully saturated rings. The van der Waals surface area contributed by atoms with E-state index in [1.807, 2.05) is 0 Å². The number of thioether (sulfide) groups is 1. The zero-order valence-electron chi connectivity index (χ0n) is 9.90. The third-order valence-electron chi connectivity index (χ3n) is 2.92. The fourth-order valence-electron chi connectivity index (χ4n) is 2.00. The minimum atomic E-state index is 0.382. The molecule has 2 atom stereocenters.